The first-order chi connectivity index (χ1) is 9.72. The minimum atomic E-state index is -0.350. The molecule has 4 heteroatoms. The van der Waals surface area contributed by atoms with Gasteiger partial charge in [-0.15, -0.1) is 0 Å². The molecule has 0 amide bonds. The lowest BCUT2D eigenvalue weighted by Gasteiger charge is -2.30. The van der Waals surface area contributed by atoms with Crippen LogP contribution in [-0.2, 0) is 6.54 Å². The largest absolute Gasteiger partial charge is 0.316 e. The molecule has 2 fully saturated rings. The standard InChI is InChI=1S/C16H22F2N2/c17-14-3-6-16(18)13(8-14)11-20(15-4-5-15)10-12-2-1-7-19-9-12/h3,6,8,12,15,19H,1-2,4-5,7,9-11H2. The lowest BCUT2D eigenvalue weighted by molar-refractivity contribution is 0.190. The molecule has 0 radical (unpaired) electrons. The van der Waals surface area contributed by atoms with Gasteiger partial charge in [0.05, 0.1) is 0 Å². The van der Waals surface area contributed by atoms with Gasteiger partial charge in [0.1, 0.15) is 11.6 Å². The average Bonchev–Trinajstić information content (AvgIpc) is 3.28. The van der Waals surface area contributed by atoms with E-state index < -0.39 is 0 Å². The maximum Gasteiger partial charge on any atom is 0.127 e. The van der Waals surface area contributed by atoms with Gasteiger partial charge in [0.15, 0.2) is 0 Å². The van der Waals surface area contributed by atoms with E-state index in [4.69, 9.17) is 0 Å². The van der Waals surface area contributed by atoms with Crippen LogP contribution in [0.3, 0.4) is 0 Å². The number of halogens is 2. The third-order valence-electron chi connectivity index (χ3n) is 4.34. The molecule has 1 aromatic rings. The predicted molar refractivity (Wildman–Crippen MR) is 75.4 cm³/mol. The summed E-state index contributed by atoms with van der Waals surface area (Å²) < 4.78 is 27.1. The quantitative estimate of drug-likeness (QED) is 0.892. The highest BCUT2D eigenvalue weighted by atomic mass is 19.1. The lowest BCUT2D eigenvalue weighted by atomic mass is 9.98. The molecule has 1 N–H and O–H groups in total. The molecule has 1 saturated heterocycles. The molecule has 1 atom stereocenters. The van der Waals surface area contributed by atoms with E-state index in [9.17, 15) is 8.78 Å². The predicted octanol–water partition coefficient (Wildman–Crippen LogP) is 2.93. The van der Waals surface area contributed by atoms with E-state index in [0.29, 0.717) is 24.1 Å². The molecule has 0 aromatic heterocycles. The summed E-state index contributed by atoms with van der Waals surface area (Å²) in [6, 6.07) is 4.33. The molecule has 0 bridgehead atoms. The number of nitrogens with zero attached hydrogens (tertiary/aromatic N) is 1. The fraction of sp³-hybridized carbons (Fsp3) is 0.625. The van der Waals surface area contributed by atoms with Crippen molar-refractivity contribution >= 4 is 0 Å². The van der Waals surface area contributed by atoms with Crippen LogP contribution in [-0.4, -0.2) is 30.6 Å². The summed E-state index contributed by atoms with van der Waals surface area (Å²) in [5.41, 5.74) is 0.487. The second kappa shape index (κ2) is 6.19. The summed E-state index contributed by atoms with van der Waals surface area (Å²) in [4.78, 5) is 2.34. The van der Waals surface area contributed by atoms with Crippen molar-refractivity contribution < 1.29 is 8.78 Å². The van der Waals surface area contributed by atoms with Gasteiger partial charge in [0.25, 0.3) is 0 Å². The van der Waals surface area contributed by atoms with Crippen molar-refractivity contribution in [2.45, 2.75) is 38.3 Å². The average molecular weight is 280 g/mol. The fourth-order valence-corrected chi connectivity index (χ4v) is 3.08. The summed E-state index contributed by atoms with van der Waals surface area (Å²) >= 11 is 0. The highest BCUT2D eigenvalue weighted by Gasteiger charge is 2.31. The molecule has 1 aromatic carbocycles. The van der Waals surface area contributed by atoms with Crippen molar-refractivity contribution in [2.75, 3.05) is 19.6 Å². The zero-order valence-electron chi connectivity index (χ0n) is 11.7. The minimum Gasteiger partial charge on any atom is -0.316 e. The first-order valence-corrected chi connectivity index (χ1v) is 7.61. The molecule has 2 nitrogen and oxygen atoms in total. The molecule has 2 aliphatic rings. The summed E-state index contributed by atoms with van der Waals surface area (Å²) in [5, 5.41) is 3.42. The zero-order chi connectivity index (χ0) is 13.9. The van der Waals surface area contributed by atoms with Crippen molar-refractivity contribution in [3.63, 3.8) is 0 Å². The van der Waals surface area contributed by atoms with Gasteiger partial charge >= 0.3 is 0 Å². The van der Waals surface area contributed by atoms with Crippen LogP contribution in [0.4, 0.5) is 8.78 Å². The van der Waals surface area contributed by atoms with Crippen LogP contribution in [0, 0.1) is 17.6 Å². The van der Waals surface area contributed by atoms with Crippen LogP contribution in [0.25, 0.3) is 0 Å². The zero-order valence-corrected chi connectivity index (χ0v) is 11.7. The van der Waals surface area contributed by atoms with Gasteiger partial charge in [-0.05, 0) is 62.9 Å². The van der Waals surface area contributed by atoms with Crippen molar-refractivity contribution in [3.8, 4) is 0 Å². The Morgan fingerprint density at radius 1 is 1.20 bits per heavy atom. The number of benzene rings is 1. The van der Waals surface area contributed by atoms with E-state index in [2.05, 4.69) is 10.2 Å². The number of piperidine rings is 1. The fourth-order valence-electron chi connectivity index (χ4n) is 3.08. The summed E-state index contributed by atoms with van der Waals surface area (Å²) in [6.45, 7) is 3.69. The van der Waals surface area contributed by atoms with Crippen LogP contribution in [0.2, 0.25) is 0 Å². The van der Waals surface area contributed by atoms with Crippen LogP contribution < -0.4 is 5.32 Å². The molecule has 110 valence electrons. The Labute approximate surface area is 119 Å². The molecule has 1 aliphatic heterocycles. The third kappa shape index (κ3) is 3.55. The summed E-state index contributed by atoms with van der Waals surface area (Å²) in [5.74, 6) is -0.00345. The topological polar surface area (TPSA) is 15.3 Å². The van der Waals surface area contributed by atoms with Crippen LogP contribution in [0.15, 0.2) is 18.2 Å². The van der Waals surface area contributed by atoms with Crippen LogP contribution in [0.5, 0.6) is 0 Å². The molecule has 1 unspecified atom stereocenters. The smallest absolute Gasteiger partial charge is 0.127 e. The Bertz CT molecular complexity index is 454. The Morgan fingerprint density at radius 2 is 2.05 bits per heavy atom. The van der Waals surface area contributed by atoms with Gasteiger partial charge in [-0.25, -0.2) is 8.78 Å². The maximum atomic E-state index is 13.8. The van der Waals surface area contributed by atoms with Gasteiger partial charge in [-0.1, -0.05) is 0 Å². The number of hydrogen-bond acceptors (Lipinski definition) is 2. The summed E-state index contributed by atoms with van der Waals surface area (Å²) in [7, 11) is 0. The van der Waals surface area contributed by atoms with Gasteiger partial charge in [0.2, 0.25) is 0 Å². The number of hydrogen-bond donors (Lipinski definition) is 1. The van der Waals surface area contributed by atoms with E-state index in [1.807, 2.05) is 0 Å². The normalized spacial score (nSPS) is 23.2. The highest BCUT2D eigenvalue weighted by Crippen LogP contribution is 2.30. The second-order valence-corrected chi connectivity index (χ2v) is 6.11. The molecule has 1 heterocycles. The molecule has 1 aliphatic carbocycles. The van der Waals surface area contributed by atoms with E-state index in [1.165, 1.54) is 43.9 Å². The minimum absolute atomic E-state index is 0.293. The first kappa shape index (κ1) is 14.0. The van der Waals surface area contributed by atoms with E-state index in [-0.39, 0.29) is 11.6 Å². The summed E-state index contributed by atoms with van der Waals surface area (Å²) in [6.07, 6.45) is 4.84. The Kier molecular flexibility index (Phi) is 4.32. The van der Waals surface area contributed by atoms with Crippen molar-refractivity contribution in [2.24, 2.45) is 5.92 Å². The van der Waals surface area contributed by atoms with E-state index >= 15 is 0 Å². The lowest BCUT2D eigenvalue weighted by Crippen LogP contribution is -2.39. The highest BCUT2D eigenvalue weighted by molar-refractivity contribution is 5.19. The van der Waals surface area contributed by atoms with Crippen molar-refractivity contribution in [1.82, 2.24) is 10.2 Å². The Hall–Kier alpha value is -1.00. The van der Waals surface area contributed by atoms with E-state index in [1.54, 1.807) is 0 Å². The Morgan fingerprint density at radius 3 is 2.75 bits per heavy atom. The van der Waals surface area contributed by atoms with Gasteiger partial charge < -0.3 is 5.32 Å². The number of nitrogens with one attached hydrogen (secondary N) is 1. The first-order valence-electron chi connectivity index (χ1n) is 7.61. The van der Waals surface area contributed by atoms with Crippen molar-refractivity contribution in [1.29, 1.82) is 0 Å². The SMILES string of the molecule is Fc1ccc(F)c(CN(CC2CCCNC2)C2CC2)c1. The molecule has 1 saturated carbocycles. The number of rotatable bonds is 5. The molecular weight excluding hydrogens is 258 g/mol. The van der Waals surface area contributed by atoms with Gasteiger partial charge in [0, 0.05) is 24.7 Å². The van der Waals surface area contributed by atoms with Crippen LogP contribution in [0.1, 0.15) is 31.2 Å². The molecule has 0 spiro atoms. The van der Waals surface area contributed by atoms with E-state index in [0.717, 1.165) is 19.6 Å². The van der Waals surface area contributed by atoms with Crippen molar-refractivity contribution in [3.05, 3.63) is 35.4 Å². The molecular formula is C16H22F2N2. The second-order valence-electron chi connectivity index (χ2n) is 6.11. The van der Waals surface area contributed by atoms with Crippen LogP contribution >= 0.6 is 0 Å². The van der Waals surface area contributed by atoms with Gasteiger partial charge in [-0.3, -0.25) is 4.90 Å². The molecule has 20 heavy (non-hydrogen) atoms. The Balaban J connectivity index is 1.66. The molecule has 3 rings (SSSR count). The van der Waals surface area contributed by atoms with Gasteiger partial charge in [-0.2, -0.15) is 0 Å². The maximum absolute atomic E-state index is 13.8. The monoisotopic (exact) mass is 280 g/mol. The third-order valence-corrected chi connectivity index (χ3v) is 4.34.